The van der Waals surface area contributed by atoms with Crippen LogP contribution >= 0.6 is 0 Å². The van der Waals surface area contributed by atoms with Crippen LogP contribution < -0.4 is 10.1 Å². The average Bonchev–Trinajstić information content (AvgIpc) is 3.35. The normalized spacial score (nSPS) is 14.5. The van der Waals surface area contributed by atoms with Gasteiger partial charge < -0.3 is 15.0 Å². The van der Waals surface area contributed by atoms with Crippen LogP contribution in [-0.2, 0) is 12.7 Å². The first-order chi connectivity index (χ1) is 19.2. The standard InChI is InChI=1S/C28H26F3N7O2/c1-36-11-13-37(14-12-36)18-21-5-4-20(16-23(21)28(29,30)31)27(39)34-24-15-19(9-10-32-24)3-6-22-17-33-25-7-8-26(40-2)35-38(22)25/h4-5,7-10,15-17H,11-14,18H2,1-2H3,(H,32,34,39). The first-order valence-corrected chi connectivity index (χ1v) is 12.5. The molecule has 206 valence electrons. The maximum Gasteiger partial charge on any atom is 0.416 e. The Morgan fingerprint density at radius 2 is 1.85 bits per heavy atom. The van der Waals surface area contributed by atoms with Crippen LogP contribution in [0.1, 0.15) is 32.7 Å². The van der Waals surface area contributed by atoms with Crippen molar-refractivity contribution in [1.82, 2.24) is 29.4 Å². The first-order valence-electron chi connectivity index (χ1n) is 12.5. The van der Waals surface area contributed by atoms with Gasteiger partial charge in [-0.15, -0.1) is 5.10 Å². The zero-order valence-electron chi connectivity index (χ0n) is 21.9. The molecule has 40 heavy (non-hydrogen) atoms. The Labute approximate surface area is 228 Å². The monoisotopic (exact) mass is 549 g/mol. The summed E-state index contributed by atoms with van der Waals surface area (Å²) in [6, 6.07) is 10.3. The molecule has 1 aliphatic heterocycles. The number of hydrogen-bond acceptors (Lipinski definition) is 7. The lowest BCUT2D eigenvalue weighted by Crippen LogP contribution is -2.44. The highest BCUT2D eigenvalue weighted by molar-refractivity contribution is 6.04. The number of methoxy groups -OCH3 is 1. The summed E-state index contributed by atoms with van der Waals surface area (Å²) in [5.74, 6) is 5.80. The third kappa shape index (κ3) is 6.22. The first kappa shape index (κ1) is 27.1. The predicted octanol–water partition coefficient (Wildman–Crippen LogP) is 3.55. The average molecular weight is 550 g/mol. The van der Waals surface area contributed by atoms with Crippen molar-refractivity contribution >= 4 is 17.4 Å². The van der Waals surface area contributed by atoms with Gasteiger partial charge >= 0.3 is 6.18 Å². The van der Waals surface area contributed by atoms with Gasteiger partial charge in [0.15, 0.2) is 5.65 Å². The molecular weight excluding hydrogens is 523 g/mol. The van der Waals surface area contributed by atoms with Gasteiger partial charge in [0.05, 0.1) is 18.9 Å². The molecule has 4 aromatic rings. The van der Waals surface area contributed by atoms with Gasteiger partial charge in [-0.25, -0.2) is 14.5 Å². The third-order valence-corrected chi connectivity index (χ3v) is 6.55. The minimum absolute atomic E-state index is 0.113. The van der Waals surface area contributed by atoms with Crippen molar-refractivity contribution in [2.24, 2.45) is 0 Å². The molecule has 0 saturated carbocycles. The van der Waals surface area contributed by atoms with Gasteiger partial charge in [-0.1, -0.05) is 12.0 Å². The number of nitrogens with zero attached hydrogens (tertiary/aromatic N) is 6. The van der Waals surface area contributed by atoms with Crippen LogP contribution in [0.2, 0.25) is 0 Å². The van der Waals surface area contributed by atoms with E-state index in [1.807, 2.05) is 11.9 Å². The number of likely N-dealkylation sites (N-methyl/N-ethyl adjacent to an activating group) is 1. The maximum atomic E-state index is 13.9. The van der Waals surface area contributed by atoms with E-state index in [-0.39, 0.29) is 23.5 Å². The predicted molar refractivity (Wildman–Crippen MR) is 142 cm³/mol. The van der Waals surface area contributed by atoms with Crippen LogP contribution in [0.4, 0.5) is 19.0 Å². The number of halogens is 3. The van der Waals surface area contributed by atoms with E-state index in [2.05, 4.69) is 37.1 Å². The van der Waals surface area contributed by atoms with Crippen molar-refractivity contribution in [3.05, 3.63) is 82.8 Å². The highest BCUT2D eigenvalue weighted by Crippen LogP contribution is 2.33. The van der Waals surface area contributed by atoms with Crippen molar-refractivity contribution in [2.75, 3.05) is 45.7 Å². The number of amides is 1. The number of fused-ring (bicyclic) bond motifs is 1. The molecule has 5 rings (SSSR count). The highest BCUT2D eigenvalue weighted by atomic mass is 19.4. The zero-order chi connectivity index (χ0) is 28.3. The number of anilines is 1. The summed E-state index contributed by atoms with van der Waals surface area (Å²) in [6.45, 7) is 3.12. The van der Waals surface area contributed by atoms with Gasteiger partial charge in [-0.2, -0.15) is 13.2 Å². The Bertz CT molecular complexity index is 1600. The van der Waals surface area contributed by atoms with Gasteiger partial charge in [-0.3, -0.25) is 9.69 Å². The van der Waals surface area contributed by atoms with Crippen molar-refractivity contribution in [3.63, 3.8) is 0 Å². The highest BCUT2D eigenvalue weighted by Gasteiger charge is 2.34. The largest absolute Gasteiger partial charge is 0.480 e. The number of aromatic nitrogens is 4. The van der Waals surface area contributed by atoms with Crippen LogP contribution in [0.25, 0.3) is 5.65 Å². The summed E-state index contributed by atoms with van der Waals surface area (Å²) in [6.07, 6.45) is -1.57. The van der Waals surface area contributed by atoms with E-state index in [0.717, 1.165) is 19.2 Å². The maximum absolute atomic E-state index is 13.9. The fourth-order valence-electron chi connectivity index (χ4n) is 4.32. The van der Waals surface area contributed by atoms with Crippen molar-refractivity contribution in [2.45, 2.75) is 12.7 Å². The number of nitrogens with one attached hydrogen (secondary N) is 1. The van der Waals surface area contributed by atoms with Crippen LogP contribution in [0.5, 0.6) is 5.88 Å². The van der Waals surface area contributed by atoms with E-state index in [0.29, 0.717) is 35.9 Å². The minimum Gasteiger partial charge on any atom is -0.480 e. The van der Waals surface area contributed by atoms with Crippen LogP contribution in [0.3, 0.4) is 0 Å². The molecule has 3 aromatic heterocycles. The van der Waals surface area contributed by atoms with E-state index >= 15 is 0 Å². The molecule has 1 fully saturated rings. The number of alkyl halides is 3. The Balaban J connectivity index is 1.32. The summed E-state index contributed by atoms with van der Waals surface area (Å²) >= 11 is 0. The lowest BCUT2D eigenvalue weighted by Gasteiger charge is -2.33. The SMILES string of the molecule is COc1ccc2ncc(C#Cc3ccnc(NC(=O)c4ccc(CN5CCN(C)CC5)c(C(F)(F)F)c4)c3)n2n1. The van der Waals surface area contributed by atoms with Gasteiger partial charge in [0.25, 0.3) is 5.91 Å². The number of ether oxygens (including phenoxy) is 1. The molecule has 0 bridgehead atoms. The Hall–Kier alpha value is -4.47. The Morgan fingerprint density at radius 3 is 2.60 bits per heavy atom. The summed E-state index contributed by atoms with van der Waals surface area (Å²) in [5.41, 5.74) is 0.863. The number of piperazine rings is 1. The summed E-state index contributed by atoms with van der Waals surface area (Å²) in [7, 11) is 3.50. The third-order valence-electron chi connectivity index (χ3n) is 6.55. The second-order valence-corrected chi connectivity index (χ2v) is 9.37. The molecule has 1 aliphatic rings. The van der Waals surface area contributed by atoms with E-state index in [1.165, 1.54) is 31.5 Å². The van der Waals surface area contributed by atoms with E-state index < -0.39 is 17.6 Å². The van der Waals surface area contributed by atoms with Gasteiger partial charge in [0.1, 0.15) is 11.5 Å². The van der Waals surface area contributed by atoms with Gasteiger partial charge in [-0.05, 0) is 48.9 Å². The summed E-state index contributed by atoms with van der Waals surface area (Å²) in [5, 5.41) is 6.87. The molecule has 1 aromatic carbocycles. The molecule has 1 saturated heterocycles. The minimum atomic E-state index is -4.59. The van der Waals surface area contributed by atoms with Crippen molar-refractivity contribution in [1.29, 1.82) is 0 Å². The summed E-state index contributed by atoms with van der Waals surface area (Å²) in [4.78, 5) is 25.4. The van der Waals surface area contributed by atoms with Crippen LogP contribution in [-0.4, -0.2) is 75.6 Å². The molecule has 0 radical (unpaired) electrons. The fourth-order valence-corrected chi connectivity index (χ4v) is 4.32. The smallest absolute Gasteiger partial charge is 0.416 e. The molecule has 0 unspecified atom stereocenters. The number of benzene rings is 1. The number of pyridine rings is 1. The molecule has 0 spiro atoms. The molecular formula is C28H26F3N7O2. The molecule has 9 nitrogen and oxygen atoms in total. The summed E-state index contributed by atoms with van der Waals surface area (Å²) < 4.78 is 48.5. The number of rotatable bonds is 5. The number of imidazole rings is 1. The van der Waals surface area contributed by atoms with Crippen LogP contribution in [0, 0.1) is 11.8 Å². The molecule has 0 aliphatic carbocycles. The second kappa shape index (κ2) is 11.3. The van der Waals surface area contributed by atoms with E-state index in [4.69, 9.17) is 4.74 Å². The number of carbonyl (C=O) groups is 1. The topological polar surface area (TPSA) is 87.9 Å². The molecule has 4 heterocycles. The zero-order valence-corrected chi connectivity index (χ0v) is 21.9. The lowest BCUT2D eigenvalue weighted by molar-refractivity contribution is -0.138. The molecule has 1 N–H and O–H groups in total. The quantitative estimate of drug-likeness (QED) is 0.381. The van der Waals surface area contributed by atoms with Crippen molar-refractivity contribution < 1.29 is 22.7 Å². The molecule has 0 atom stereocenters. The molecule has 1 amide bonds. The lowest BCUT2D eigenvalue weighted by atomic mass is 10.0. The van der Waals surface area contributed by atoms with Crippen molar-refractivity contribution in [3.8, 4) is 17.7 Å². The van der Waals surface area contributed by atoms with Crippen LogP contribution in [0.15, 0.2) is 54.9 Å². The number of hydrogen-bond donors (Lipinski definition) is 1. The van der Waals surface area contributed by atoms with E-state index in [1.54, 1.807) is 28.9 Å². The van der Waals surface area contributed by atoms with E-state index in [9.17, 15) is 18.0 Å². The van der Waals surface area contributed by atoms with Gasteiger partial charge in [0, 0.05) is 56.1 Å². The van der Waals surface area contributed by atoms with Gasteiger partial charge in [0.2, 0.25) is 5.88 Å². The Morgan fingerprint density at radius 1 is 1.05 bits per heavy atom. The fraction of sp³-hybridized carbons (Fsp3) is 0.286. The number of carbonyl (C=O) groups excluding carboxylic acids is 1. The molecule has 12 heteroatoms. The second-order valence-electron chi connectivity index (χ2n) is 9.37. The Kier molecular flexibility index (Phi) is 7.68.